The van der Waals surface area contributed by atoms with Crippen LogP contribution in [0.15, 0.2) is 87.0 Å². The average Bonchev–Trinajstić information content (AvgIpc) is 3.56. The van der Waals surface area contributed by atoms with Gasteiger partial charge in [-0.15, -0.1) is 0 Å². The van der Waals surface area contributed by atoms with Gasteiger partial charge in [-0.25, -0.2) is 0 Å². The van der Waals surface area contributed by atoms with Crippen molar-refractivity contribution >= 4 is 50.6 Å². The number of aryl methyl sites for hydroxylation is 1. The summed E-state index contributed by atoms with van der Waals surface area (Å²) in [4.78, 5) is 17.0. The topological polar surface area (TPSA) is 87.0 Å². The van der Waals surface area contributed by atoms with Crippen molar-refractivity contribution in [3.8, 4) is 5.69 Å². The van der Waals surface area contributed by atoms with E-state index in [1.807, 2.05) is 32.0 Å². The third-order valence-corrected chi connectivity index (χ3v) is 6.87. The maximum absolute atomic E-state index is 12.8. The van der Waals surface area contributed by atoms with E-state index in [1.165, 1.54) is 22.2 Å². The molecular formula is C26H19N5O2S. The third-order valence-electron chi connectivity index (χ3n) is 5.95. The van der Waals surface area contributed by atoms with Gasteiger partial charge in [0.2, 0.25) is 5.17 Å². The van der Waals surface area contributed by atoms with Gasteiger partial charge in [-0.1, -0.05) is 30.3 Å². The van der Waals surface area contributed by atoms with E-state index >= 15 is 0 Å². The number of hydrogen-bond donors (Lipinski definition) is 1. The number of amidine groups is 2. The summed E-state index contributed by atoms with van der Waals surface area (Å²) >= 11 is 1.22. The summed E-state index contributed by atoms with van der Waals surface area (Å²) in [6.07, 6.45) is 3.29. The third kappa shape index (κ3) is 3.22. The van der Waals surface area contributed by atoms with Gasteiger partial charge in [0.15, 0.2) is 16.6 Å². The lowest BCUT2D eigenvalue weighted by atomic mass is 10.1. The summed E-state index contributed by atoms with van der Waals surface area (Å²) in [5.41, 5.74) is 4.12. The molecule has 1 amide bonds. The Hall–Kier alpha value is -4.17. The SMILES string of the molecule is Cc1cc(/C=C2\C(=N)N3N=C(c4ccco4)SC3=NC2=O)c(C)n1-c1ccc2ccccc2c1. The second-order valence-corrected chi connectivity index (χ2v) is 9.05. The molecule has 8 heteroatoms. The average molecular weight is 466 g/mol. The first-order valence-corrected chi connectivity index (χ1v) is 11.5. The molecule has 2 aliphatic rings. The summed E-state index contributed by atoms with van der Waals surface area (Å²) in [5, 5.41) is 17.8. The number of carbonyl (C=O) groups is 1. The van der Waals surface area contributed by atoms with Crippen molar-refractivity contribution in [3.63, 3.8) is 0 Å². The molecule has 34 heavy (non-hydrogen) atoms. The van der Waals surface area contributed by atoms with E-state index in [1.54, 1.807) is 24.5 Å². The maximum atomic E-state index is 12.8. The quantitative estimate of drug-likeness (QED) is 0.404. The van der Waals surface area contributed by atoms with Gasteiger partial charge in [-0.3, -0.25) is 10.2 Å². The molecule has 2 aromatic carbocycles. The van der Waals surface area contributed by atoms with Gasteiger partial charge >= 0.3 is 0 Å². The minimum Gasteiger partial charge on any atom is -0.462 e. The molecule has 166 valence electrons. The summed E-state index contributed by atoms with van der Waals surface area (Å²) < 4.78 is 7.56. The Labute approximate surface area is 199 Å². The number of hydrazone groups is 1. The van der Waals surface area contributed by atoms with Crippen LogP contribution in [0, 0.1) is 19.3 Å². The van der Waals surface area contributed by atoms with E-state index in [0.717, 1.165) is 28.0 Å². The highest BCUT2D eigenvalue weighted by atomic mass is 32.2. The Morgan fingerprint density at radius 3 is 2.65 bits per heavy atom. The van der Waals surface area contributed by atoms with Crippen LogP contribution in [-0.2, 0) is 4.79 Å². The molecule has 7 nitrogen and oxygen atoms in total. The number of nitrogens with zero attached hydrogens (tertiary/aromatic N) is 4. The molecule has 0 radical (unpaired) electrons. The number of nitrogens with one attached hydrogen (secondary N) is 1. The van der Waals surface area contributed by atoms with Crippen LogP contribution in [0.4, 0.5) is 0 Å². The van der Waals surface area contributed by atoms with Crippen LogP contribution >= 0.6 is 11.8 Å². The molecule has 1 N–H and O–H groups in total. The van der Waals surface area contributed by atoms with Gasteiger partial charge in [0.25, 0.3) is 5.91 Å². The Balaban J connectivity index is 1.38. The van der Waals surface area contributed by atoms with E-state index in [4.69, 9.17) is 9.83 Å². The lowest BCUT2D eigenvalue weighted by molar-refractivity contribution is -0.114. The molecule has 6 rings (SSSR count). The lowest BCUT2D eigenvalue weighted by Gasteiger charge is -2.20. The standard InChI is InChI=1S/C26H19N5O2S/c1-15-12-19(16(2)30(15)20-10-9-17-6-3-4-7-18(17)13-20)14-21-23(27)31-26(28-24(21)32)34-25(29-31)22-8-5-11-33-22/h3-14,27H,1-2H3/b21-14+,27-23?. The Kier molecular flexibility index (Phi) is 4.63. The molecule has 2 aromatic heterocycles. The van der Waals surface area contributed by atoms with Crippen LogP contribution in [0.5, 0.6) is 0 Å². The predicted octanol–water partition coefficient (Wildman–Crippen LogP) is 5.51. The molecule has 0 saturated carbocycles. The Bertz CT molecular complexity index is 1590. The molecule has 0 aliphatic carbocycles. The first kappa shape index (κ1) is 20.4. The van der Waals surface area contributed by atoms with Gasteiger partial charge in [-0.2, -0.15) is 15.1 Å². The minimum absolute atomic E-state index is 0.000403. The zero-order valence-electron chi connectivity index (χ0n) is 18.4. The fraction of sp³-hybridized carbons (Fsp3) is 0.0769. The predicted molar refractivity (Wildman–Crippen MR) is 136 cm³/mol. The van der Waals surface area contributed by atoms with Crippen molar-refractivity contribution in [1.82, 2.24) is 9.58 Å². The number of amides is 1. The van der Waals surface area contributed by atoms with Crippen molar-refractivity contribution in [1.29, 1.82) is 5.41 Å². The monoisotopic (exact) mass is 465 g/mol. The van der Waals surface area contributed by atoms with Crippen LogP contribution < -0.4 is 0 Å². The van der Waals surface area contributed by atoms with Crippen LogP contribution in [0.3, 0.4) is 0 Å². The Morgan fingerprint density at radius 2 is 1.85 bits per heavy atom. The number of aliphatic imine (C=N–C) groups is 1. The zero-order valence-corrected chi connectivity index (χ0v) is 19.3. The summed E-state index contributed by atoms with van der Waals surface area (Å²) in [6, 6.07) is 20.2. The zero-order chi connectivity index (χ0) is 23.4. The van der Waals surface area contributed by atoms with Gasteiger partial charge in [0, 0.05) is 17.1 Å². The van der Waals surface area contributed by atoms with E-state index in [0.29, 0.717) is 16.0 Å². The van der Waals surface area contributed by atoms with Gasteiger partial charge < -0.3 is 8.98 Å². The molecule has 0 bridgehead atoms. The van der Waals surface area contributed by atoms with Crippen LogP contribution in [-0.4, -0.2) is 31.5 Å². The van der Waals surface area contributed by atoms with E-state index in [2.05, 4.69) is 45.0 Å². The van der Waals surface area contributed by atoms with Crippen LogP contribution in [0.25, 0.3) is 22.5 Å². The molecule has 2 aliphatic heterocycles. The molecule has 4 aromatic rings. The number of carbonyl (C=O) groups excluding carboxylic acids is 1. The smallest absolute Gasteiger partial charge is 0.283 e. The van der Waals surface area contributed by atoms with Gasteiger partial charge in [0.1, 0.15) is 0 Å². The normalized spacial score (nSPS) is 16.9. The highest BCUT2D eigenvalue weighted by Crippen LogP contribution is 2.32. The van der Waals surface area contributed by atoms with Crippen molar-refractivity contribution in [2.75, 3.05) is 0 Å². The largest absolute Gasteiger partial charge is 0.462 e. The van der Waals surface area contributed by atoms with E-state index in [-0.39, 0.29) is 11.4 Å². The Morgan fingerprint density at radius 1 is 1.03 bits per heavy atom. The molecule has 0 fully saturated rings. The lowest BCUT2D eigenvalue weighted by Crippen LogP contribution is -2.35. The number of furan rings is 1. The van der Waals surface area contributed by atoms with Crippen molar-refractivity contribution in [3.05, 3.63) is 95.2 Å². The molecule has 4 heterocycles. The number of fused-ring (bicyclic) bond motifs is 2. The molecule has 0 unspecified atom stereocenters. The summed E-state index contributed by atoms with van der Waals surface area (Å²) in [6.45, 7) is 4.05. The summed E-state index contributed by atoms with van der Waals surface area (Å²) in [5.74, 6) is 0.126. The van der Waals surface area contributed by atoms with Gasteiger partial charge in [0.05, 0.1) is 11.8 Å². The van der Waals surface area contributed by atoms with Crippen LogP contribution in [0.1, 0.15) is 22.7 Å². The van der Waals surface area contributed by atoms with E-state index < -0.39 is 5.91 Å². The van der Waals surface area contributed by atoms with Crippen molar-refractivity contribution in [2.24, 2.45) is 10.1 Å². The van der Waals surface area contributed by atoms with Crippen molar-refractivity contribution in [2.45, 2.75) is 13.8 Å². The fourth-order valence-corrected chi connectivity index (χ4v) is 5.15. The highest BCUT2D eigenvalue weighted by Gasteiger charge is 2.36. The molecule has 0 spiro atoms. The summed E-state index contributed by atoms with van der Waals surface area (Å²) in [7, 11) is 0. The number of benzene rings is 2. The number of thioether (sulfide) groups is 1. The maximum Gasteiger partial charge on any atom is 0.283 e. The minimum atomic E-state index is -0.449. The number of aromatic nitrogens is 1. The molecule has 0 atom stereocenters. The molecule has 0 saturated heterocycles. The highest BCUT2D eigenvalue weighted by molar-refractivity contribution is 8.27. The van der Waals surface area contributed by atoms with E-state index in [9.17, 15) is 4.79 Å². The van der Waals surface area contributed by atoms with Crippen molar-refractivity contribution < 1.29 is 9.21 Å². The number of rotatable bonds is 3. The van der Waals surface area contributed by atoms with Crippen LogP contribution in [0.2, 0.25) is 0 Å². The van der Waals surface area contributed by atoms with Gasteiger partial charge in [-0.05, 0) is 78.4 Å². The first-order chi connectivity index (χ1) is 16.5. The number of hydrogen-bond acceptors (Lipinski definition) is 5. The second-order valence-electron chi connectivity index (χ2n) is 8.10. The second kappa shape index (κ2) is 7.71. The fourth-order valence-electron chi connectivity index (χ4n) is 4.29. The first-order valence-electron chi connectivity index (χ1n) is 10.7. The molecular weight excluding hydrogens is 446 g/mol.